The zero-order valence-corrected chi connectivity index (χ0v) is 12.3. The standard InChI is InChI=1S/C15H18N2O2S/c1-2-19-15(18)12-20-11-14-16-8-9-17(14)10-13-6-4-3-5-7-13/h3-9H,2,10-12H2,1H3. The Labute approximate surface area is 123 Å². The van der Waals surface area contributed by atoms with Crippen LogP contribution in [0.2, 0.25) is 0 Å². The Morgan fingerprint density at radius 2 is 2.15 bits per heavy atom. The molecule has 0 spiro atoms. The SMILES string of the molecule is CCOC(=O)CSCc1nccn1Cc1ccccc1. The second kappa shape index (κ2) is 7.75. The second-order valence-corrected chi connectivity index (χ2v) is 5.24. The van der Waals surface area contributed by atoms with E-state index in [1.807, 2.05) is 31.3 Å². The third-order valence-electron chi connectivity index (χ3n) is 2.75. The van der Waals surface area contributed by atoms with Crippen LogP contribution in [0.1, 0.15) is 18.3 Å². The number of nitrogens with zero attached hydrogens (tertiary/aromatic N) is 2. The van der Waals surface area contributed by atoms with Gasteiger partial charge in [-0.05, 0) is 12.5 Å². The molecule has 4 nitrogen and oxygen atoms in total. The third kappa shape index (κ3) is 4.42. The number of benzene rings is 1. The number of carbonyl (C=O) groups is 1. The molecular weight excluding hydrogens is 272 g/mol. The molecule has 106 valence electrons. The molecule has 0 aliphatic carbocycles. The molecule has 0 fully saturated rings. The van der Waals surface area contributed by atoms with E-state index in [1.54, 1.807) is 6.20 Å². The van der Waals surface area contributed by atoms with Crippen molar-refractivity contribution in [3.05, 3.63) is 54.1 Å². The molecule has 1 aromatic heterocycles. The minimum Gasteiger partial charge on any atom is -0.465 e. The normalized spacial score (nSPS) is 10.4. The van der Waals surface area contributed by atoms with Gasteiger partial charge in [0.05, 0.1) is 18.1 Å². The van der Waals surface area contributed by atoms with Crippen LogP contribution in [0.4, 0.5) is 0 Å². The van der Waals surface area contributed by atoms with Gasteiger partial charge in [-0.1, -0.05) is 30.3 Å². The van der Waals surface area contributed by atoms with Gasteiger partial charge in [-0.15, -0.1) is 11.8 Å². The van der Waals surface area contributed by atoms with E-state index in [0.29, 0.717) is 18.1 Å². The van der Waals surface area contributed by atoms with Crippen molar-refractivity contribution in [1.29, 1.82) is 0 Å². The zero-order chi connectivity index (χ0) is 14.2. The molecule has 1 aromatic carbocycles. The Hall–Kier alpha value is -1.75. The quantitative estimate of drug-likeness (QED) is 0.735. The maximum Gasteiger partial charge on any atom is 0.315 e. The number of hydrogen-bond donors (Lipinski definition) is 0. The first-order valence-corrected chi connectivity index (χ1v) is 7.72. The number of carbonyl (C=O) groups excluding carboxylic acids is 1. The van der Waals surface area contributed by atoms with Crippen molar-refractivity contribution in [2.75, 3.05) is 12.4 Å². The topological polar surface area (TPSA) is 44.1 Å². The van der Waals surface area contributed by atoms with Gasteiger partial charge in [-0.3, -0.25) is 4.79 Å². The smallest absolute Gasteiger partial charge is 0.315 e. The maximum atomic E-state index is 11.3. The minimum atomic E-state index is -0.168. The molecule has 0 radical (unpaired) electrons. The van der Waals surface area contributed by atoms with E-state index in [0.717, 1.165) is 12.4 Å². The summed E-state index contributed by atoms with van der Waals surface area (Å²) in [6.07, 6.45) is 3.76. The molecule has 2 aromatic rings. The highest BCUT2D eigenvalue weighted by atomic mass is 32.2. The van der Waals surface area contributed by atoms with Crippen LogP contribution in [0.15, 0.2) is 42.7 Å². The number of rotatable bonds is 7. The first-order valence-electron chi connectivity index (χ1n) is 6.57. The maximum absolute atomic E-state index is 11.3. The van der Waals surface area contributed by atoms with E-state index in [2.05, 4.69) is 21.7 Å². The van der Waals surface area contributed by atoms with Crippen LogP contribution in [0.3, 0.4) is 0 Å². The first kappa shape index (κ1) is 14.7. The summed E-state index contributed by atoms with van der Waals surface area (Å²) in [6.45, 7) is 3.05. The van der Waals surface area contributed by atoms with Crippen LogP contribution in [0.25, 0.3) is 0 Å². The predicted octanol–water partition coefficient (Wildman–Crippen LogP) is 2.73. The fourth-order valence-corrected chi connectivity index (χ4v) is 2.61. The van der Waals surface area contributed by atoms with Crippen molar-refractivity contribution >= 4 is 17.7 Å². The van der Waals surface area contributed by atoms with Crippen LogP contribution in [-0.4, -0.2) is 27.9 Å². The number of hydrogen-bond acceptors (Lipinski definition) is 4. The van der Waals surface area contributed by atoms with Crippen molar-refractivity contribution in [2.45, 2.75) is 19.2 Å². The predicted molar refractivity (Wildman–Crippen MR) is 80.6 cm³/mol. The van der Waals surface area contributed by atoms with Crippen LogP contribution < -0.4 is 0 Å². The lowest BCUT2D eigenvalue weighted by Crippen LogP contribution is -2.08. The number of imidazole rings is 1. The van der Waals surface area contributed by atoms with Gasteiger partial charge in [-0.25, -0.2) is 4.98 Å². The average molecular weight is 290 g/mol. The Balaban J connectivity index is 1.87. The summed E-state index contributed by atoms with van der Waals surface area (Å²) in [5.74, 6) is 1.88. The fourth-order valence-electron chi connectivity index (χ4n) is 1.83. The van der Waals surface area contributed by atoms with E-state index in [1.165, 1.54) is 17.3 Å². The molecule has 2 rings (SSSR count). The number of aromatic nitrogens is 2. The second-order valence-electron chi connectivity index (χ2n) is 4.25. The molecule has 5 heteroatoms. The third-order valence-corrected chi connectivity index (χ3v) is 3.66. The van der Waals surface area contributed by atoms with Crippen molar-refractivity contribution in [3.8, 4) is 0 Å². The first-order chi connectivity index (χ1) is 9.79. The molecule has 0 bridgehead atoms. The van der Waals surface area contributed by atoms with Gasteiger partial charge < -0.3 is 9.30 Å². The Kier molecular flexibility index (Phi) is 5.68. The number of esters is 1. The summed E-state index contributed by atoms with van der Waals surface area (Å²) < 4.78 is 7.00. The molecule has 0 atom stereocenters. The van der Waals surface area contributed by atoms with Crippen LogP contribution >= 0.6 is 11.8 Å². The van der Waals surface area contributed by atoms with E-state index < -0.39 is 0 Å². The monoisotopic (exact) mass is 290 g/mol. The van der Waals surface area contributed by atoms with E-state index in [-0.39, 0.29) is 5.97 Å². The van der Waals surface area contributed by atoms with Crippen molar-refractivity contribution < 1.29 is 9.53 Å². The lowest BCUT2D eigenvalue weighted by Gasteiger charge is -2.07. The summed E-state index contributed by atoms with van der Waals surface area (Å²) in [4.78, 5) is 15.6. The summed E-state index contributed by atoms with van der Waals surface area (Å²) >= 11 is 1.53. The molecule has 0 saturated heterocycles. The van der Waals surface area contributed by atoms with E-state index >= 15 is 0 Å². The van der Waals surface area contributed by atoms with Gasteiger partial charge >= 0.3 is 5.97 Å². The highest BCUT2D eigenvalue weighted by molar-refractivity contribution is 7.99. The van der Waals surface area contributed by atoms with Gasteiger partial charge in [0.2, 0.25) is 0 Å². The lowest BCUT2D eigenvalue weighted by molar-refractivity contribution is -0.139. The van der Waals surface area contributed by atoms with E-state index in [4.69, 9.17) is 4.74 Å². The van der Waals surface area contributed by atoms with Crippen molar-refractivity contribution in [1.82, 2.24) is 9.55 Å². The van der Waals surface area contributed by atoms with Gasteiger partial charge in [0.1, 0.15) is 5.82 Å². The number of thioether (sulfide) groups is 1. The molecule has 20 heavy (non-hydrogen) atoms. The van der Waals surface area contributed by atoms with Gasteiger partial charge in [-0.2, -0.15) is 0 Å². The summed E-state index contributed by atoms with van der Waals surface area (Å²) in [5.41, 5.74) is 1.24. The molecule has 0 aliphatic heterocycles. The van der Waals surface area contributed by atoms with Gasteiger partial charge in [0.25, 0.3) is 0 Å². The highest BCUT2D eigenvalue weighted by Gasteiger charge is 2.06. The van der Waals surface area contributed by atoms with Gasteiger partial charge in [0.15, 0.2) is 0 Å². The minimum absolute atomic E-state index is 0.168. The van der Waals surface area contributed by atoms with Crippen LogP contribution in [0, 0.1) is 0 Å². The molecule has 0 aliphatic rings. The molecule has 1 heterocycles. The Bertz CT molecular complexity index is 540. The van der Waals surface area contributed by atoms with E-state index in [9.17, 15) is 4.79 Å². The number of ether oxygens (including phenoxy) is 1. The molecular formula is C15H18N2O2S. The summed E-state index contributed by atoms with van der Waals surface area (Å²) in [5, 5.41) is 0. The fraction of sp³-hybridized carbons (Fsp3) is 0.333. The van der Waals surface area contributed by atoms with Crippen LogP contribution in [0.5, 0.6) is 0 Å². The molecule has 0 N–H and O–H groups in total. The summed E-state index contributed by atoms with van der Waals surface area (Å²) in [7, 11) is 0. The largest absolute Gasteiger partial charge is 0.465 e. The lowest BCUT2D eigenvalue weighted by atomic mass is 10.2. The zero-order valence-electron chi connectivity index (χ0n) is 11.5. The Morgan fingerprint density at radius 1 is 1.35 bits per heavy atom. The van der Waals surface area contributed by atoms with Gasteiger partial charge in [0, 0.05) is 18.9 Å². The van der Waals surface area contributed by atoms with Crippen molar-refractivity contribution in [2.24, 2.45) is 0 Å². The van der Waals surface area contributed by atoms with Crippen molar-refractivity contribution in [3.63, 3.8) is 0 Å². The van der Waals surface area contributed by atoms with Crippen LogP contribution in [-0.2, 0) is 21.8 Å². The average Bonchev–Trinajstić information content (AvgIpc) is 2.88. The molecule has 0 amide bonds. The summed E-state index contributed by atoms with van der Waals surface area (Å²) in [6, 6.07) is 10.3. The highest BCUT2D eigenvalue weighted by Crippen LogP contribution is 2.13. The Morgan fingerprint density at radius 3 is 2.90 bits per heavy atom. The molecule has 0 saturated carbocycles. The molecule has 0 unspecified atom stereocenters.